The van der Waals surface area contributed by atoms with Crippen molar-refractivity contribution in [2.24, 2.45) is 0 Å². The Morgan fingerprint density at radius 3 is 2.68 bits per heavy atom. The quantitative estimate of drug-likeness (QED) is 0.507. The van der Waals surface area contributed by atoms with Gasteiger partial charge in [0.15, 0.2) is 0 Å². The topological polar surface area (TPSA) is 59.4 Å². The van der Waals surface area contributed by atoms with Crippen molar-refractivity contribution in [1.82, 2.24) is 14.5 Å². The van der Waals surface area contributed by atoms with Crippen molar-refractivity contribution in [2.75, 3.05) is 18.4 Å². The van der Waals surface area contributed by atoms with Crippen LogP contribution in [-0.4, -0.2) is 45.3 Å². The summed E-state index contributed by atoms with van der Waals surface area (Å²) in [5.41, 5.74) is 2.75. The number of amides is 1. The van der Waals surface area contributed by atoms with E-state index in [1.54, 1.807) is 0 Å². The van der Waals surface area contributed by atoms with Gasteiger partial charge in [-0.1, -0.05) is 40.2 Å². The summed E-state index contributed by atoms with van der Waals surface area (Å²) in [4.78, 5) is 19.3. The van der Waals surface area contributed by atoms with E-state index in [1.807, 2.05) is 43.9 Å². The molecule has 7 heteroatoms. The molecule has 1 aromatic heterocycles. The number of hydrogen-bond donors (Lipinski definition) is 1. The van der Waals surface area contributed by atoms with Crippen LogP contribution in [0, 0.1) is 0 Å². The van der Waals surface area contributed by atoms with Gasteiger partial charge in [-0.3, -0.25) is 0 Å². The van der Waals surface area contributed by atoms with Crippen molar-refractivity contribution in [2.45, 2.75) is 51.8 Å². The van der Waals surface area contributed by atoms with Crippen molar-refractivity contribution in [3.05, 3.63) is 58.6 Å². The van der Waals surface area contributed by atoms with Crippen molar-refractivity contribution in [1.29, 1.82) is 0 Å². The Balaban J connectivity index is 1.53. The molecule has 1 amide bonds. The van der Waals surface area contributed by atoms with Crippen molar-refractivity contribution >= 4 is 39.0 Å². The summed E-state index contributed by atoms with van der Waals surface area (Å²) in [6.07, 6.45) is 1.71. The molecular formula is C24H29BrN4O2. The Bertz CT molecular complexity index is 1060. The van der Waals surface area contributed by atoms with Gasteiger partial charge in [-0.2, -0.15) is 0 Å². The van der Waals surface area contributed by atoms with Crippen LogP contribution >= 0.6 is 15.9 Å². The molecule has 0 bridgehead atoms. The van der Waals surface area contributed by atoms with Gasteiger partial charge in [-0.25, -0.2) is 9.78 Å². The number of ether oxygens (including phenoxy) is 1. The predicted molar refractivity (Wildman–Crippen MR) is 127 cm³/mol. The fraction of sp³-hybridized carbons (Fsp3) is 0.417. The number of hydrogen-bond acceptors (Lipinski definition) is 4. The Labute approximate surface area is 191 Å². The number of benzene rings is 2. The molecule has 0 spiro atoms. The van der Waals surface area contributed by atoms with E-state index in [0.29, 0.717) is 6.54 Å². The second kappa shape index (κ2) is 8.91. The fourth-order valence-electron chi connectivity index (χ4n) is 3.96. The van der Waals surface area contributed by atoms with E-state index in [4.69, 9.17) is 9.72 Å². The molecule has 31 heavy (non-hydrogen) atoms. The van der Waals surface area contributed by atoms with Gasteiger partial charge in [-0.05, 0) is 63.4 Å². The van der Waals surface area contributed by atoms with Gasteiger partial charge >= 0.3 is 6.09 Å². The van der Waals surface area contributed by atoms with Crippen LogP contribution < -0.4 is 5.32 Å². The lowest BCUT2D eigenvalue weighted by molar-refractivity contribution is 0.0235. The van der Waals surface area contributed by atoms with Crippen LogP contribution in [0.15, 0.2) is 53.0 Å². The van der Waals surface area contributed by atoms with Crippen molar-refractivity contribution < 1.29 is 9.53 Å². The second-order valence-electron chi connectivity index (χ2n) is 8.99. The van der Waals surface area contributed by atoms with Crippen LogP contribution in [0.4, 0.5) is 10.7 Å². The highest BCUT2D eigenvalue weighted by Gasteiger charge is 2.32. The molecule has 1 aliphatic heterocycles. The number of fused-ring (bicyclic) bond motifs is 1. The van der Waals surface area contributed by atoms with Crippen LogP contribution in [0.25, 0.3) is 11.0 Å². The lowest BCUT2D eigenvalue weighted by Crippen LogP contribution is -2.42. The maximum atomic E-state index is 12.6. The summed E-state index contributed by atoms with van der Waals surface area (Å²) in [5.74, 6) is 0.820. The summed E-state index contributed by atoms with van der Waals surface area (Å²) in [7, 11) is 0. The molecule has 1 N–H and O–H groups in total. The van der Waals surface area contributed by atoms with Crippen LogP contribution in [0.3, 0.4) is 0 Å². The molecular weight excluding hydrogens is 456 g/mol. The first-order chi connectivity index (χ1) is 14.8. The molecule has 2 aromatic carbocycles. The maximum Gasteiger partial charge on any atom is 0.410 e. The third-order valence-electron chi connectivity index (χ3n) is 5.41. The molecule has 164 valence electrons. The monoisotopic (exact) mass is 484 g/mol. The highest BCUT2D eigenvalue weighted by molar-refractivity contribution is 9.10. The number of carbonyl (C=O) groups is 1. The Kier molecular flexibility index (Phi) is 6.23. The smallest absolute Gasteiger partial charge is 0.410 e. The average molecular weight is 485 g/mol. The standard InChI is InChI=1S/C24H29BrN4O2/c1-24(2,3)31-23(30)28-14-6-7-19(28)15-26-22-27-20-8-4-5-9-21(20)29(22)16-17-10-12-18(25)13-11-17/h4-5,8-13,19H,6-7,14-16H2,1-3H3,(H,26,27)/t19-/m1/s1. The lowest BCUT2D eigenvalue weighted by Gasteiger charge is -2.28. The molecule has 1 aliphatic rings. The van der Waals surface area contributed by atoms with Crippen LogP contribution in [0.1, 0.15) is 39.2 Å². The Morgan fingerprint density at radius 1 is 1.19 bits per heavy atom. The normalized spacial score (nSPS) is 16.6. The molecule has 0 aliphatic carbocycles. The van der Waals surface area contributed by atoms with E-state index in [2.05, 4.69) is 56.1 Å². The zero-order valence-corrected chi connectivity index (χ0v) is 19.9. The van der Waals surface area contributed by atoms with Gasteiger partial charge in [0.2, 0.25) is 5.95 Å². The molecule has 4 rings (SSSR count). The fourth-order valence-corrected chi connectivity index (χ4v) is 4.23. The number of nitrogens with zero attached hydrogens (tertiary/aromatic N) is 3. The van der Waals surface area contributed by atoms with Gasteiger partial charge in [0, 0.05) is 17.6 Å². The second-order valence-corrected chi connectivity index (χ2v) is 9.90. The van der Waals surface area contributed by atoms with Crippen molar-refractivity contribution in [3.8, 4) is 0 Å². The Hall–Kier alpha value is -2.54. The molecule has 6 nitrogen and oxygen atoms in total. The summed E-state index contributed by atoms with van der Waals surface area (Å²) in [5, 5.41) is 3.52. The van der Waals surface area contributed by atoms with E-state index in [1.165, 1.54) is 5.56 Å². The zero-order chi connectivity index (χ0) is 22.0. The first-order valence-corrected chi connectivity index (χ1v) is 11.5. The minimum Gasteiger partial charge on any atom is -0.444 e. The minimum atomic E-state index is -0.490. The molecule has 0 unspecified atom stereocenters. The van der Waals surface area contributed by atoms with Gasteiger partial charge < -0.3 is 19.5 Å². The Morgan fingerprint density at radius 2 is 1.94 bits per heavy atom. The number of imidazole rings is 1. The number of likely N-dealkylation sites (tertiary alicyclic amines) is 1. The van der Waals surface area contributed by atoms with Gasteiger partial charge in [0.25, 0.3) is 0 Å². The minimum absolute atomic E-state index is 0.0933. The number of halogens is 1. The first kappa shape index (κ1) is 21.7. The largest absolute Gasteiger partial charge is 0.444 e. The molecule has 0 radical (unpaired) electrons. The molecule has 1 saturated heterocycles. The lowest BCUT2D eigenvalue weighted by atomic mass is 10.2. The number of anilines is 1. The third-order valence-corrected chi connectivity index (χ3v) is 5.94. The number of rotatable bonds is 5. The van der Waals surface area contributed by atoms with Gasteiger partial charge in [0.1, 0.15) is 5.60 Å². The highest BCUT2D eigenvalue weighted by atomic mass is 79.9. The molecule has 2 heterocycles. The van der Waals surface area contributed by atoms with E-state index >= 15 is 0 Å². The van der Waals surface area contributed by atoms with Crippen LogP contribution in [-0.2, 0) is 11.3 Å². The number of aromatic nitrogens is 2. The van der Waals surface area contributed by atoms with Crippen LogP contribution in [0.5, 0.6) is 0 Å². The molecule has 1 atom stereocenters. The van der Waals surface area contributed by atoms with Crippen LogP contribution in [0.2, 0.25) is 0 Å². The summed E-state index contributed by atoms with van der Waals surface area (Å²) in [6.45, 7) is 7.80. The maximum absolute atomic E-state index is 12.6. The summed E-state index contributed by atoms with van der Waals surface area (Å²) in [6, 6.07) is 16.6. The van der Waals surface area contributed by atoms with Crippen molar-refractivity contribution in [3.63, 3.8) is 0 Å². The SMILES string of the molecule is CC(C)(C)OC(=O)N1CCC[C@@H]1CNc1nc2ccccc2n1Cc1ccc(Br)cc1. The number of nitrogens with one attached hydrogen (secondary N) is 1. The number of carbonyl (C=O) groups excluding carboxylic acids is 1. The van der Waals surface area contributed by atoms with E-state index < -0.39 is 5.60 Å². The van der Waals surface area contributed by atoms with Gasteiger partial charge in [0.05, 0.1) is 23.6 Å². The van der Waals surface area contributed by atoms with E-state index in [0.717, 1.165) is 47.4 Å². The molecule has 0 saturated carbocycles. The van der Waals surface area contributed by atoms with E-state index in [9.17, 15) is 4.79 Å². The summed E-state index contributed by atoms with van der Waals surface area (Å²) < 4.78 is 8.86. The zero-order valence-electron chi connectivity index (χ0n) is 18.3. The van der Waals surface area contributed by atoms with E-state index in [-0.39, 0.29) is 12.1 Å². The first-order valence-electron chi connectivity index (χ1n) is 10.7. The third kappa shape index (κ3) is 5.21. The highest BCUT2D eigenvalue weighted by Crippen LogP contribution is 2.24. The predicted octanol–water partition coefficient (Wildman–Crippen LogP) is 5.66. The molecule has 3 aromatic rings. The summed E-state index contributed by atoms with van der Waals surface area (Å²) >= 11 is 3.50. The average Bonchev–Trinajstić information content (AvgIpc) is 3.32. The number of para-hydroxylation sites is 2. The van der Waals surface area contributed by atoms with Gasteiger partial charge in [-0.15, -0.1) is 0 Å². The molecule has 1 fully saturated rings.